The van der Waals surface area contributed by atoms with Crippen LogP contribution in [0.3, 0.4) is 0 Å². The van der Waals surface area contributed by atoms with E-state index in [1.54, 1.807) is 36.4 Å². The summed E-state index contributed by atoms with van der Waals surface area (Å²) in [4.78, 5) is 24.9. The van der Waals surface area contributed by atoms with Gasteiger partial charge in [0.25, 0.3) is 5.91 Å². The third-order valence-corrected chi connectivity index (χ3v) is 5.78. The molecular weight excluding hydrogens is 435 g/mol. The molecule has 9 heteroatoms. The number of carbonyl (C=O) groups excluding carboxylic acids is 1. The maximum atomic E-state index is 13.2. The number of rotatable bonds is 6. The largest absolute Gasteiger partial charge is 0.481 e. The monoisotopic (exact) mass is 451 g/mol. The highest BCUT2D eigenvalue weighted by Gasteiger charge is 2.33. The Morgan fingerprint density at radius 3 is 2.43 bits per heavy atom. The van der Waals surface area contributed by atoms with Crippen LogP contribution in [0.2, 0.25) is 0 Å². The standard InChI is InChI=1S/C21H16F3NO3S2/c22-21(23,24)16-5-2-1-4-15(16)14-9-7-13(8-10-14)12-17-19(28)25(20(29)30-17)11-3-6-18(26)27/h1-2,4-5,7-10,12H,3,6,11H2,(H,26,27)/b17-12-. The minimum Gasteiger partial charge on any atom is -0.481 e. The number of alkyl halides is 3. The fourth-order valence-corrected chi connectivity index (χ4v) is 4.28. The lowest BCUT2D eigenvalue weighted by atomic mass is 9.98. The van der Waals surface area contributed by atoms with Gasteiger partial charge in [-0.15, -0.1) is 0 Å². The zero-order valence-electron chi connectivity index (χ0n) is 15.5. The van der Waals surface area contributed by atoms with Gasteiger partial charge in [0, 0.05) is 13.0 Å². The number of halogens is 3. The first kappa shape index (κ1) is 22.0. The number of thiocarbonyl (C=S) groups is 1. The van der Waals surface area contributed by atoms with Crippen molar-refractivity contribution in [2.45, 2.75) is 19.0 Å². The number of carbonyl (C=O) groups is 2. The molecule has 0 spiro atoms. The van der Waals surface area contributed by atoms with E-state index < -0.39 is 17.7 Å². The van der Waals surface area contributed by atoms with Gasteiger partial charge in [-0.05, 0) is 35.3 Å². The molecule has 30 heavy (non-hydrogen) atoms. The summed E-state index contributed by atoms with van der Waals surface area (Å²) in [5.74, 6) is -1.25. The Labute approximate surface area is 180 Å². The van der Waals surface area contributed by atoms with Crippen molar-refractivity contribution in [1.82, 2.24) is 4.90 Å². The molecule has 4 nitrogen and oxygen atoms in total. The lowest BCUT2D eigenvalue weighted by Crippen LogP contribution is -2.29. The summed E-state index contributed by atoms with van der Waals surface area (Å²) in [6.07, 6.45) is -2.60. The highest BCUT2D eigenvalue weighted by atomic mass is 32.2. The normalized spacial score (nSPS) is 15.8. The molecule has 1 aliphatic heterocycles. The minimum absolute atomic E-state index is 0.0586. The topological polar surface area (TPSA) is 57.6 Å². The molecule has 156 valence electrons. The van der Waals surface area contributed by atoms with Gasteiger partial charge < -0.3 is 5.11 Å². The molecule has 1 fully saturated rings. The summed E-state index contributed by atoms with van der Waals surface area (Å²) in [6.45, 7) is 0.224. The number of nitrogens with zero attached hydrogens (tertiary/aromatic N) is 1. The van der Waals surface area contributed by atoms with Gasteiger partial charge in [0.15, 0.2) is 0 Å². The maximum absolute atomic E-state index is 13.2. The molecule has 0 aromatic heterocycles. The van der Waals surface area contributed by atoms with Crippen molar-refractivity contribution >= 4 is 46.3 Å². The second-order valence-corrected chi connectivity index (χ2v) is 8.17. The molecule has 0 saturated carbocycles. The molecule has 2 aromatic carbocycles. The van der Waals surface area contributed by atoms with Crippen LogP contribution in [-0.2, 0) is 15.8 Å². The van der Waals surface area contributed by atoms with E-state index in [0.29, 0.717) is 26.8 Å². The van der Waals surface area contributed by atoms with Crippen LogP contribution in [0.1, 0.15) is 24.0 Å². The smallest absolute Gasteiger partial charge is 0.417 e. The molecule has 1 heterocycles. The van der Waals surface area contributed by atoms with Crippen LogP contribution < -0.4 is 0 Å². The Kier molecular flexibility index (Phi) is 6.62. The average Bonchev–Trinajstić information content (AvgIpc) is 2.95. The number of hydrogen-bond acceptors (Lipinski definition) is 4. The number of thioether (sulfide) groups is 1. The summed E-state index contributed by atoms with van der Waals surface area (Å²) in [6, 6.07) is 11.8. The summed E-state index contributed by atoms with van der Waals surface area (Å²) < 4.78 is 40.1. The fraction of sp³-hybridized carbons (Fsp3) is 0.190. The van der Waals surface area contributed by atoms with Gasteiger partial charge in [0.2, 0.25) is 0 Å². The first-order valence-electron chi connectivity index (χ1n) is 8.90. The van der Waals surface area contributed by atoms with E-state index in [1.165, 1.54) is 17.0 Å². The second kappa shape index (κ2) is 9.01. The molecular formula is C21H16F3NO3S2. The van der Waals surface area contributed by atoms with Crippen LogP contribution in [0.15, 0.2) is 53.4 Å². The fourth-order valence-electron chi connectivity index (χ4n) is 2.97. The summed E-state index contributed by atoms with van der Waals surface area (Å²) in [7, 11) is 0. The van der Waals surface area contributed by atoms with Gasteiger partial charge in [-0.2, -0.15) is 13.2 Å². The molecule has 1 saturated heterocycles. The Morgan fingerprint density at radius 2 is 1.80 bits per heavy atom. The SMILES string of the molecule is O=C(O)CCCN1C(=O)/C(=C/c2ccc(-c3ccccc3C(F)(F)F)cc2)SC1=S. The van der Waals surface area contributed by atoms with Gasteiger partial charge in [-0.1, -0.05) is 66.4 Å². The summed E-state index contributed by atoms with van der Waals surface area (Å²) in [5.41, 5.74) is 0.442. The first-order chi connectivity index (χ1) is 14.2. The summed E-state index contributed by atoms with van der Waals surface area (Å²) >= 11 is 6.31. The van der Waals surface area contributed by atoms with E-state index in [1.807, 2.05) is 0 Å². The van der Waals surface area contributed by atoms with Gasteiger partial charge in [-0.3, -0.25) is 14.5 Å². The zero-order valence-corrected chi connectivity index (χ0v) is 17.1. The van der Waals surface area contributed by atoms with Crippen LogP contribution in [-0.4, -0.2) is 32.7 Å². The zero-order chi connectivity index (χ0) is 21.9. The van der Waals surface area contributed by atoms with Crippen molar-refractivity contribution in [2.75, 3.05) is 6.54 Å². The van der Waals surface area contributed by atoms with Gasteiger partial charge in [0.1, 0.15) is 4.32 Å². The molecule has 1 aliphatic rings. The number of amides is 1. The lowest BCUT2D eigenvalue weighted by Gasteiger charge is -2.13. The van der Waals surface area contributed by atoms with Crippen molar-refractivity contribution in [3.63, 3.8) is 0 Å². The van der Waals surface area contributed by atoms with Gasteiger partial charge in [-0.25, -0.2) is 0 Å². The number of carboxylic acid groups (broad SMARTS) is 1. The van der Waals surface area contributed by atoms with Crippen molar-refractivity contribution in [3.8, 4) is 11.1 Å². The average molecular weight is 451 g/mol. The number of aliphatic carboxylic acids is 1. The third kappa shape index (κ3) is 5.09. The minimum atomic E-state index is -4.45. The molecule has 0 unspecified atom stereocenters. The predicted molar refractivity (Wildman–Crippen MR) is 114 cm³/mol. The number of carboxylic acids is 1. The molecule has 1 N–H and O–H groups in total. The predicted octanol–water partition coefficient (Wildman–Crippen LogP) is 5.44. The number of hydrogen-bond donors (Lipinski definition) is 1. The van der Waals surface area contributed by atoms with Crippen molar-refractivity contribution < 1.29 is 27.9 Å². The Morgan fingerprint density at radius 1 is 1.13 bits per heavy atom. The van der Waals surface area contributed by atoms with Crippen molar-refractivity contribution in [3.05, 3.63) is 64.6 Å². The Hall–Kier alpha value is -2.65. The van der Waals surface area contributed by atoms with Crippen LogP contribution >= 0.6 is 24.0 Å². The van der Waals surface area contributed by atoms with E-state index in [-0.39, 0.29) is 24.4 Å². The number of benzene rings is 2. The van der Waals surface area contributed by atoms with Crippen LogP contribution in [0, 0.1) is 0 Å². The third-order valence-electron chi connectivity index (χ3n) is 4.40. The molecule has 0 aliphatic carbocycles. The van der Waals surface area contributed by atoms with E-state index in [9.17, 15) is 22.8 Å². The highest BCUT2D eigenvalue weighted by Crippen LogP contribution is 2.37. The Bertz CT molecular complexity index is 1020. The lowest BCUT2D eigenvalue weighted by molar-refractivity contribution is -0.138. The summed E-state index contributed by atoms with van der Waals surface area (Å²) in [5, 5.41) is 8.72. The molecule has 0 bridgehead atoms. The quantitative estimate of drug-likeness (QED) is 0.468. The van der Waals surface area contributed by atoms with Crippen molar-refractivity contribution in [1.29, 1.82) is 0 Å². The van der Waals surface area contributed by atoms with Crippen LogP contribution in [0.4, 0.5) is 13.2 Å². The highest BCUT2D eigenvalue weighted by molar-refractivity contribution is 8.26. The molecule has 3 rings (SSSR count). The maximum Gasteiger partial charge on any atom is 0.417 e. The van der Waals surface area contributed by atoms with Crippen molar-refractivity contribution in [2.24, 2.45) is 0 Å². The van der Waals surface area contributed by atoms with Gasteiger partial charge >= 0.3 is 12.1 Å². The van der Waals surface area contributed by atoms with E-state index in [4.69, 9.17) is 17.3 Å². The first-order valence-corrected chi connectivity index (χ1v) is 10.1. The molecule has 0 radical (unpaired) electrons. The van der Waals surface area contributed by atoms with Crippen LogP contribution in [0.5, 0.6) is 0 Å². The van der Waals surface area contributed by atoms with Crippen LogP contribution in [0.25, 0.3) is 17.2 Å². The second-order valence-electron chi connectivity index (χ2n) is 6.50. The van der Waals surface area contributed by atoms with E-state index in [0.717, 1.165) is 17.8 Å². The molecule has 1 amide bonds. The van der Waals surface area contributed by atoms with Gasteiger partial charge in [0.05, 0.1) is 10.5 Å². The molecule has 2 aromatic rings. The van der Waals surface area contributed by atoms with E-state index >= 15 is 0 Å². The Balaban J connectivity index is 1.78. The van der Waals surface area contributed by atoms with E-state index in [2.05, 4.69) is 0 Å². The molecule has 0 atom stereocenters.